The lowest BCUT2D eigenvalue weighted by molar-refractivity contribution is -0.398. The van der Waals surface area contributed by atoms with Crippen LogP contribution < -0.4 is 20.6 Å². The third-order valence-corrected chi connectivity index (χ3v) is 2.40. The van der Waals surface area contributed by atoms with E-state index in [1.165, 1.54) is 13.2 Å². The molecule has 118 valence electrons. The molecule has 0 fully saturated rings. The minimum absolute atomic E-state index is 0.152. The van der Waals surface area contributed by atoms with Crippen molar-refractivity contribution in [2.75, 3.05) is 13.7 Å². The van der Waals surface area contributed by atoms with Crippen LogP contribution in [0.15, 0.2) is 17.2 Å². The molecule has 1 rings (SSSR count). The number of amides is 2. The number of rotatable bonds is 5. The van der Waals surface area contributed by atoms with Crippen LogP contribution in [0.25, 0.3) is 0 Å². The molecule has 0 bridgehead atoms. The van der Waals surface area contributed by atoms with Gasteiger partial charge in [-0.25, -0.2) is 5.43 Å². The molecule has 10 heteroatoms. The SMILES string of the molecule is CCNC(=O)C(=O)N/N=C\c1cc(OC)c([O-])c([N+](=O)[O-])c1. The summed E-state index contributed by atoms with van der Waals surface area (Å²) in [7, 11) is 1.19. The van der Waals surface area contributed by atoms with E-state index in [9.17, 15) is 24.8 Å². The van der Waals surface area contributed by atoms with Crippen LogP contribution in [0.5, 0.6) is 11.5 Å². The number of hydrogen-bond acceptors (Lipinski definition) is 7. The van der Waals surface area contributed by atoms with Crippen molar-refractivity contribution in [1.82, 2.24) is 10.7 Å². The van der Waals surface area contributed by atoms with E-state index >= 15 is 0 Å². The van der Waals surface area contributed by atoms with Crippen LogP contribution in [0.3, 0.4) is 0 Å². The highest BCUT2D eigenvalue weighted by molar-refractivity contribution is 6.35. The highest BCUT2D eigenvalue weighted by Gasteiger charge is 2.13. The molecule has 0 aromatic heterocycles. The highest BCUT2D eigenvalue weighted by Crippen LogP contribution is 2.33. The Morgan fingerprint density at radius 1 is 1.41 bits per heavy atom. The molecule has 0 unspecified atom stereocenters. The molecule has 1 aromatic rings. The van der Waals surface area contributed by atoms with E-state index in [-0.39, 0.29) is 17.9 Å². The largest absolute Gasteiger partial charge is 0.865 e. The number of benzene rings is 1. The second-order valence-corrected chi connectivity index (χ2v) is 3.89. The molecule has 1 aromatic carbocycles. The number of carbonyl (C=O) groups is 2. The van der Waals surface area contributed by atoms with Gasteiger partial charge in [0.25, 0.3) is 5.69 Å². The Kier molecular flexibility index (Phi) is 5.81. The van der Waals surface area contributed by atoms with Gasteiger partial charge in [-0.2, -0.15) is 5.10 Å². The fourth-order valence-electron chi connectivity index (χ4n) is 1.43. The predicted octanol–water partition coefficient (Wildman–Crippen LogP) is -0.737. The van der Waals surface area contributed by atoms with Crippen LogP contribution in [0.2, 0.25) is 0 Å². The summed E-state index contributed by atoms with van der Waals surface area (Å²) in [4.78, 5) is 32.3. The topological polar surface area (TPSA) is 146 Å². The number of hydrazone groups is 1. The first-order valence-electron chi connectivity index (χ1n) is 6.05. The second kappa shape index (κ2) is 7.57. The molecule has 0 atom stereocenters. The Balaban J connectivity index is 2.92. The summed E-state index contributed by atoms with van der Waals surface area (Å²) in [5.41, 5.74) is 1.41. The third-order valence-electron chi connectivity index (χ3n) is 2.40. The van der Waals surface area contributed by atoms with E-state index in [1.807, 2.05) is 5.43 Å². The Bertz CT molecular complexity index is 628. The fraction of sp³-hybridized carbons (Fsp3) is 0.250. The summed E-state index contributed by atoms with van der Waals surface area (Å²) in [6.45, 7) is 1.93. The summed E-state index contributed by atoms with van der Waals surface area (Å²) in [5, 5.41) is 28.1. The zero-order chi connectivity index (χ0) is 16.7. The summed E-state index contributed by atoms with van der Waals surface area (Å²) in [6.07, 6.45) is 1.05. The van der Waals surface area contributed by atoms with E-state index in [0.29, 0.717) is 0 Å². The van der Waals surface area contributed by atoms with Crippen molar-refractivity contribution in [3.8, 4) is 11.5 Å². The van der Waals surface area contributed by atoms with E-state index < -0.39 is 28.2 Å². The first-order valence-corrected chi connectivity index (χ1v) is 6.05. The summed E-state index contributed by atoms with van der Waals surface area (Å²) < 4.78 is 4.74. The van der Waals surface area contributed by atoms with Crippen molar-refractivity contribution in [3.63, 3.8) is 0 Å². The average Bonchev–Trinajstić information content (AvgIpc) is 2.48. The maximum atomic E-state index is 11.6. The van der Waals surface area contributed by atoms with Crippen LogP contribution in [0.4, 0.5) is 5.69 Å². The molecule has 0 heterocycles. The molecule has 0 saturated carbocycles. The van der Waals surface area contributed by atoms with E-state index in [4.69, 9.17) is 4.74 Å². The molecule has 0 aliphatic carbocycles. The Morgan fingerprint density at radius 3 is 2.64 bits per heavy atom. The third kappa shape index (κ3) is 4.16. The quantitative estimate of drug-likeness (QED) is 0.317. The Hall–Kier alpha value is -3.17. The van der Waals surface area contributed by atoms with Crippen LogP contribution in [0.1, 0.15) is 12.5 Å². The maximum absolute atomic E-state index is 11.6. The van der Waals surface area contributed by atoms with Crippen LogP contribution in [-0.2, 0) is 9.59 Å². The molecule has 0 saturated heterocycles. The van der Waals surface area contributed by atoms with Gasteiger partial charge in [-0.05, 0) is 13.0 Å². The number of likely N-dealkylation sites (N-methyl/N-ethyl adjacent to an activating group) is 1. The van der Waals surface area contributed by atoms with Gasteiger partial charge in [0.15, 0.2) is 0 Å². The highest BCUT2D eigenvalue weighted by atomic mass is 16.6. The number of nitro benzene ring substituents is 1. The average molecular weight is 309 g/mol. The molecule has 2 N–H and O–H groups in total. The number of methoxy groups -OCH3 is 1. The zero-order valence-corrected chi connectivity index (χ0v) is 11.8. The van der Waals surface area contributed by atoms with E-state index in [1.54, 1.807) is 6.92 Å². The van der Waals surface area contributed by atoms with Gasteiger partial charge < -0.3 is 15.2 Å². The van der Waals surface area contributed by atoms with Crippen LogP contribution >= 0.6 is 0 Å². The van der Waals surface area contributed by atoms with Gasteiger partial charge in [-0.1, -0.05) is 0 Å². The number of nitrogens with one attached hydrogen (secondary N) is 2. The normalized spacial score (nSPS) is 10.3. The lowest BCUT2D eigenvalue weighted by Gasteiger charge is -2.12. The minimum Gasteiger partial charge on any atom is -0.865 e. The maximum Gasteiger partial charge on any atom is 0.329 e. The monoisotopic (exact) mass is 309 g/mol. The smallest absolute Gasteiger partial charge is 0.329 e. The molecule has 0 spiro atoms. The van der Waals surface area contributed by atoms with Crippen LogP contribution in [0, 0.1) is 10.1 Å². The number of nitrogens with zero attached hydrogens (tertiary/aromatic N) is 2. The number of nitro groups is 1. The Labute approximate surface area is 124 Å². The van der Waals surface area contributed by atoms with E-state index in [0.717, 1.165) is 12.3 Å². The van der Waals surface area contributed by atoms with E-state index in [2.05, 4.69) is 10.4 Å². The molecule has 2 amide bonds. The standard InChI is InChI=1S/C12H14N4O6/c1-3-13-11(18)12(19)15-14-6-7-4-8(16(20)21)10(17)9(5-7)22-2/h4-6,17H,3H2,1-2H3,(H,13,18)(H,15,19)/p-1/b14-6-. The van der Waals surface area contributed by atoms with Gasteiger partial charge in [0.05, 0.1) is 18.2 Å². The number of hydrogen-bond donors (Lipinski definition) is 2. The lowest BCUT2D eigenvalue weighted by atomic mass is 10.2. The van der Waals surface area contributed by atoms with Crippen molar-refractivity contribution in [1.29, 1.82) is 0 Å². The number of ether oxygens (including phenoxy) is 1. The molecule has 0 aliphatic heterocycles. The molecule has 0 radical (unpaired) electrons. The Morgan fingerprint density at radius 2 is 2.09 bits per heavy atom. The predicted molar refractivity (Wildman–Crippen MR) is 73.5 cm³/mol. The van der Waals surface area contributed by atoms with Crippen molar-refractivity contribution in [3.05, 3.63) is 27.8 Å². The summed E-state index contributed by atoms with van der Waals surface area (Å²) in [6, 6.07) is 2.20. The van der Waals surface area contributed by atoms with Crippen LogP contribution in [-0.4, -0.2) is 36.6 Å². The molecule has 22 heavy (non-hydrogen) atoms. The van der Waals surface area contributed by atoms with Crippen molar-refractivity contribution < 1.29 is 24.4 Å². The summed E-state index contributed by atoms with van der Waals surface area (Å²) >= 11 is 0. The van der Waals surface area contributed by atoms with Gasteiger partial charge in [-0.3, -0.25) is 19.7 Å². The first kappa shape index (κ1) is 16.9. The van der Waals surface area contributed by atoms with Gasteiger partial charge >= 0.3 is 11.8 Å². The van der Waals surface area contributed by atoms with Crippen molar-refractivity contribution in [2.24, 2.45) is 5.10 Å². The zero-order valence-electron chi connectivity index (χ0n) is 11.8. The first-order chi connectivity index (χ1) is 10.4. The minimum atomic E-state index is -0.986. The second-order valence-electron chi connectivity index (χ2n) is 3.89. The van der Waals surface area contributed by atoms with Crippen molar-refractivity contribution in [2.45, 2.75) is 6.92 Å². The van der Waals surface area contributed by atoms with Gasteiger partial charge in [0.2, 0.25) is 0 Å². The lowest BCUT2D eigenvalue weighted by Crippen LogP contribution is -2.37. The number of carbonyl (C=O) groups excluding carboxylic acids is 2. The molecular formula is C12H13N4O6-. The van der Waals surface area contributed by atoms with Gasteiger partial charge in [-0.15, -0.1) is 0 Å². The summed E-state index contributed by atoms with van der Waals surface area (Å²) in [5.74, 6) is -2.94. The van der Waals surface area contributed by atoms with Gasteiger partial charge in [0.1, 0.15) is 5.75 Å². The molecular weight excluding hydrogens is 296 g/mol. The van der Waals surface area contributed by atoms with Crippen molar-refractivity contribution >= 4 is 23.7 Å². The molecule has 0 aliphatic rings. The fourth-order valence-corrected chi connectivity index (χ4v) is 1.43. The van der Waals surface area contributed by atoms with Gasteiger partial charge in [0, 0.05) is 23.9 Å². The molecule has 10 nitrogen and oxygen atoms in total.